The predicted octanol–water partition coefficient (Wildman–Crippen LogP) is 1.37. The Hall–Kier alpha value is -0.960. The maximum absolute atomic E-state index is 4.17. The number of hydrogen-bond acceptors (Lipinski definition) is 2. The Morgan fingerprint density at radius 2 is 1.75 bits per heavy atom. The molecule has 0 aliphatic rings. The first kappa shape index (κ1) is 9.13. The monoisotopic (exact) mass is 166 g/mol. The molecule has 0 saturated heterocycles. The van der Waals surface area contributed by atoms with Crippen LogP contribution >= 0.6 is 0 Å². The van der Waals surface area contributed by atoms with Gasteiger partial charge in [-0.15, -0.1) is 0 Å². The minimum atomic E-state index is 0.829. The van der Waals surface area contributed by atoms with Crippen LogP contribution in [0.1, 0.15) is 12.7 Å². The maximum atomic E-state index is 4.17. The fourth-order valence-electron chi connectivity index (χ4n) is 0.881. The second-order valence-corrected chi connectivity index (χ2v) is 3.49. The predicted molar refractivity (Wildman–Crippen MR) is 51.0 cm³/mol. The van der Waals surface area contributed by atoms with E-state index in [4.69, 9.17) is 0 Å². The van der Waals surface area contributed by atoms with Crippen LogP contribution in [0.15, 0.2) is 12.4 Å². The molecule has 0 aliphatic carbocycles. The Bertz CT molecular complexity index is 251. The van der Waals surface area contributed by atoms with Crippen LogP contribution < -0.4 is 4.48 Å². The molecule has 0 spiro atoms. The Morgan fingerprint density at radius 1 is 1.25 bits per heavy atom. The summed E-state index contributed by atoms with van der Waals surface area (Å²) in [6.07, 6.45) is 3.79. The van der Waals surface area contributed by atoms with Crippen molar-refractivity contribution in [2.75, 3.05) is 20.6 Å². The summed E-state index contributed by atoms with van der Waals surface area (Å²) in [5.41, 5.74) is 1.16. The standard InChI is InChI=1S/C9H16N3/c1-5-12(3,4)9-6-10-8(2)11-7-9/h6-7H,5H2,1-4H3/q+1. The zero-order valence-electron chi connectivity index (χ0n) is 8.20. The Balaban J connectivity index is 2.96. The van der Waals surface area contributed by atoms with E-state index in [0.29, 0.717) is 0 Å². The number of quaternary nitrogens is 1. The van der Waals surface area contributed by atoms with Gasteiger partial charge in [0, 0.05) is 0 Å². The van der Waals surface area contributed by atoms with Crippen LogP contribution in [0.2, 0.25) is 0 Å². The van der Waals surface area contributed by atoms with Gasteiger partial charge in [0.15, 0.2) is 5.69 Å². The van der Waals surface area contributed by atoms with Crippen molar-refractivity contribution in [3.63, 3.8) is 0 Å². The van der Waals surface area contributed by atoms with Gasteiger partial charge in [-0.25, -0.2) is 9.97 Å². The first-order chi connectivity index (χ1) is 5.56. The largest absolute Gasteiger partial charge is 0.294 e. The minimum Gasteiger partial charge on any atom is -0.294 e. The Kier molecular flexibility index (Phi) is 2.43. The molecule has 66 valence electrons. The molecule has 0 aliphatic heterocycles. The van der Waals surface area contributed by atoms with E-state index < -0.39 is 0 Å². The average molecular weight is 166 g/mol. The normalized spacial score (nSPS) is 11.7. The van der Waals surface area contributed by atoms with Gasteiger partial charge in [-0.05, 0) is 13.8 Å². The molecule has 0 amide bonds. The van der Waals surface area contributed by atoms with E-state index >= 15 is 0 Å². The van der Waals surface area contributed by atoms with E-state index in [1.165, 1.54) is 0 Å². The molecule has 0 bridgehead atoms. The summed E-state index contributed by atoms with van der Waals surface area (Å²) in [6.45, 7) is 5.10. The van der Waals surface area contributed by atoms with Crippen LogP contribution in [0, 0.1) is 6.92 Å². The van der Waals surface area contributed by atoms with E-state index in [1.807, 2.05) is 19.3 Å². The van der Waals surface area contributed by atoms with Crippen LogP contribution in [0.4, 0.5) is 5.69 Å². The highest BCUT2D eigenvalue weighted by molar-refractivity contribution is 5.35. The molecule has 1 rings (SSSR count). The van der Waals surface area contributed by atoms with Gasteiger partial charge in [-0.2, -0.15) is 0 Å². The van der Waals surface area contributed by atoms with Gasteiger partial charge in [-0.1, -0.05) is 0 Å². The van der Waals surface area contributed by atoms with Gasteiger partial charge in [0.2, 0.25) is 0 Å². The van der Waals surface area contributed by atoms with Gasteiger partial charge in [-0.3, -0.25) is 4.48 Å². The fraction of sp³-hybridized carbons (Fsp3) is 0.556. The quantitative estimate of drug-likeness (QED) is 0.620. The zero-order valence-corrected chi connectivity index (χ0v) is 8.20. The lowest BCUT2D eigenvalue weighted by Crippen LogP contribution is -2.40. The summed E-state index contributed by atoms with van der Waals surface area (Å²) >= 11 is 0. The van der Waals surface area contributed by atoms with Gasteiger partial charge >= 0.3 is 0 Å². The molecular weight excluding hydrogens is 150 g/mol. The Morgan fingerprint density at radius 3 is 2.17 bits per heavy atom. The summed E-state index contributed by atoms with van der Waals surface area (Å²) in [5, 5.41) is 0. The van der Waals surface area contributed by atoms with Crippen LogP contribution in [0.3, 0.4) is 0 Å². The highest BCUT2D eigenvalue weighted by atomic mass is 15.3. The van der Waals surface area contributed by atoms with Gasteiger partial charge in [0.1, 0.15) is 5.82 Å². The van der Waals surface area contributed by atoms with E-state index in [-0.39, 0.29) is 0 Å². The Labute approximate surface area is 73.7 Å². The molecule has 0 saturated carbocycles. The van der Waals surface area contributed by atoms with Crippen LogP contribution in [0.5, 0.6) is 0 Å². The number of aromatic nitrogens is 2. The first-order valence-corrected chi connectivity index (χ1v) is 4.18. The highest BCUT2D eigenvalue weighted by Crippen LogP contribution is 2.14. The molecule has 3 heteroatoms. The highest BCUT2D eigenvalue weighted by Gasteiger charge is 2.16. The first-order valence-electron chi connectivity index (χ1n) is 4.18. The fourth-order valence-corrected chi connectivity index (χ4v) is 0.881. The summed E-state index contributed by atoms with van der Waals surface area (Å²) in [6, 6.07) is 0. The lowest BCUT2D eigenvalue weighted by molar-refractivity contribution is 0.418. The summed E-state index contributed by atoms with van der Waals surface area (Å²) < 4.78 is 0.834. The summed E-state index contributed by atoms with van der Waals surface area (Å²) in [7, 11) is 4.29. The lowest BCUT2D eigenvalue weighted by Gasteiger charge is -2.26. The van der Waals surface area contributed by atoms with Crippen molar-refractivity contribution in [3.05, 3.63) is 18.2 Å². The second kappa shape index (κ2) is 3.19. The zero-order chi connectivity index (χ0) is 9.19. The molecule has 0 fully saturated rings. The molecule has 0 atom stereocenters. The maximum Gasteiger partial charge on any atom is 0.169 e. The van der Waals surface area contributed by atoms with Crippen molar-refractivity contribution in [1.82, 2.24) is 14.5 Å². The summed E-state index contributed by atoms with van der Waals surface area (Å²) in [4.78, 5) is 8.33. The van der Waals surface area contributed by atoms with Crippen molar-refractivity contribution in [2.24, 2.45) is 0 Å². The lowest BCUT2D eigenvalue weighted by atomic mass is 10.4. The molecule has 1 heterocycles. The molecule has 1 aromatic rings. The van der Waals surface area contributed by atoms with E-state index in [9.17, 15) is 0 Å². The van der Waals surface area contributed by atoms with Gasteiger partial charge < -0.3 is 0 Å². The van der Waals surface area contributed by atoms with E-state index in [0.717, 1.165) is 22.5 Å². The summed E-state index contributed by atoms with van der Waals surface area (Å²) in [5.74, 6) is 0.829. The molecule has 1 aromatic heterocycles. The smallest absolute Gasteiger partial charge is 0.169 e. The number of nitrogens with zero attached hydrogens (tertiary/aromatic N) is 3. The van der Waals surface area contributed by atoms with Crippen molar-refractivity contribution < 1.29 is 0 Å². The number of hydrogen-bond donors (Lipinski definition) is 0. The van der Waals surface area contributed by atoms with Gasteiger partial charge in [0.25, 0.3) is 0 Å². The molecule has 3 nitrogen and oxygen atoms in total. The van der Waals surface area contributed by atoms with Crippen molar-refractivity contribution >= 4 is 5.69 Å². The van der Waals surface area contributed by atoms with Crippen LogP contribution in [0.25, 0.3) is 0 Å². The SMILES string of the molecule is CC[N+](C)(C)c1cnc(C)nc1. The van der Waals surface area contributed by atoms with Gasteiger partial charge in [0.05, 0.1) is 33.0 Å². The molecule has 0 N–H and O–H groups in total. The van der Waals surface area contributed by atoms with Crippen LogP contribution in [-0.2, 0) is 0 Å². The van der Waals surface area contributed by atoms with Crippen molar-refractivity contribution in [1.29, 1.82) is 0 Å². The molecule has 12 heavy (non-hydrogen) atoms. The third-order valence-electron chi connectivity index (χ3n) is 2.26. The molecular formula is C9H16N3+. The van der Waals surface area contributed by atoms with E-state index in [1.54, 1.807) is 0 Å². The molecule has 0 radical (unpaired) electrons. The topological polar surface area (TPSA) is 25.8 Å². The van der Waals surface area contributed by atoms with Crippen molar-refractivity contribution in [2.45, 2.75) is 13.8 Å². The molecule has 0 unspecified atom stereocenters. The van der Waals surface area contributed by atoms with Crippen LogP contribution in [-0.4, -0.2) is 30.6 Å². The van der Waals surface area contributed by atoms with Crippen molar-refractivity contribution in [3.8, 4) is 0 Å². The third-order valence-corrected chi connectivity index (χ3v) is 2.26. The molecule has 0 aromatic carbocycles. The third kappa shape index (κ3) is 1.80. The number of aryl methyl sites for hydroxylation is 1. The average Bonchev–Trinajstić information content (AvgIpc) is 2.05. The minimum absolute atomic E-state index is 0.829. The second-order valence-electron chi connectivity index (χ2n) is 3.49. The number of rotatable bonds is 2. The van der Waals surface area contributed by atoms with E-state index in [2.05, 4.69) is 31.0 Å².